The number of rotatable bonds is 5. The molecule has 0 aliphatic rings. The Morgan fingerprint density at radius 2 is 2.06 bits per heavy atom. The average molecular weight is 248 g/mol. The van der Waals surface area contributed by atoms with Crippen molar-refractivity contribution in [2.24, 2.45) is 5.92 Å². The average Bonchev–Trinajstić information content (AvgIpc) is 2.30. The summed E-state index contributed by atoms with van der Waals surface area (Å²) in [6.07, 6.45) is 4.31. The van der Waals surface area contributed by atoms with Crippen molar-refractivity contribution in [2.75, 3.05) is 7.11 Å². The van der Waals surface area contributed by atoms with Gasteiger partial charge in [-0.2, -0.15) is 0 Å². The Bertz CT molecular complexity index is 433. The molecule has 3 nitrogen and oxygen atoms in total. The second kappa shape index (κ2) is 6.84. The van der Waals surface area contributed by atoms with Crippen molar-refractivity contribution < 1.29 is 14.3 Å². The molecule has 0 spiro atoms. The third kappa shape index (κ3) is 4.24. The van der Waals surface area contributed by atoms with Crippen LogP contribution in [-0.2, 0) is 4.79 Å². The minimum Gasteiger partial charge on any atom is -0.493 e. The van der Waals surface area contributed by atoms with Crippen LogP contribution in [-0.4, -0.2) is 13.1 Å². The predicted molar refractivity (Wildman–Crippen MR) is 72.8 cm³/mol. The van der Waals surface area contributed by atoms with Crippen molar-refractivity contribution in [2.45, 2.75) is 27.2 Å². The normalized spacial score (nSPS) is 10.9. The number of methoxy groups -OCH3 is 1. The molecule has 0 radical (unpaired) electrons. The summed E-state index contributed by atoms with van der Waals surface area (Å²) in [5.74, 6) is 1.09. The zero-order valence-electron chi connectivity index (χ0n) is 11.4. The number of esters is 1. The smallest absolute Gasteiger partial charge is 0.311 e. The van der Waals surface area contributed by atoms with Crippen LogP contribution < -0.4 is 9.47 Å². The zero-order chi connectivity index (χ0) is 13.5. The zero-order valence-corrected chi connectivity index (χ0v) is 11.4. The molecular formula is C15H20O3. The van der Waals surface area contributed by atoms with E-state index < -0.39 is 0 Å². The van der Waals surface area contributed by atoms with Gasteiger partial charge in [0.2, 0.25) is 0 Å². The number of benzene rings is 1. The van der Waals surface area contributed by atoms with Crippen LogP contribution in [0.4, 0.5) is 0 Å². The first-order valence-corrected chi connectivity index (χ1v) is 6.08. The summed E-state index contributed by atoms with van der Waals surface area (Å²) in [5.41, 5.74) is 1.01. The van der Waals surface area contributed by atoms with Crippen LogP contribution in [0.15, 0.2) is 24.3 Å². The maximum absolute atomic E-state index is 11.6. The van der Waals surface area contributed by atoms with E-state index in [2.05, 4.69) is 0 Å². The first-order chi connectivity index (χ1) is 8.56. The van der Waals surface area contributed by atoms with Crippen LogP contribution in [0.25, 0.3) is 6.08 Å². The van der Waals surface area contributed by atoms with E-state index in [1.807, 2.05) is 45.1 Å². The summed E-state index contributed by atoms with van der Waals surface area (Å²) in [4.78, 5) is 11.6. The molecule has 0 amide bonds. The van der Waals surface area contributed by atoms with Crippen LogP contribution >= 0.6 is 0 Å². The van der Waals surface area contributed by atoms with Crippen LogP contribution in [0.5, 0.6) is 11.5 Å². The molecular weight excluding hydrogens is 228 g/mol. The standard InChI is InChI=1S/C15H20O3/c1-5-6-12-7-8-13(14(10-12)17-4)18-15(16)9-11(2)3/h5-8,10-11H,9H2,1-4H3/b6-5+. The van der Waals surface area contributed by atoms with Gasteiger partial charge < -0.3 is 9.47 Å². The molecule has 1 rings (SSSR count). The number of hydrogen-bond acceptors (Lipinski definition) is 3. The van der Waals surface area contributed by atoms with Gasteiger partial charge in [0.05, 0.1) is 7.11 Å². The second-order valence-corrected chi connectivity index (χ2v) is 4.48. The number of ether oxygens (including phenoxy) is 2. The Labute approximate surface area is 108 Å². The van der Waals surface area contributed by atoms with Crippen LogP contribution in [0.2, 0.25) is 0 Å². The third-order valence-corrected chi connectivity index (χ3v) is 2.35. The molecule has 1 aromatic rings. The predicted octanol–water partition coefficient (Wildman–Crippen LogP) is 3.68. The quantitative estimate of drug-likeness (QED) is 0.589. The molecule has 0 N–H and O–H groups in total. The van der Waals surface area contributed by atoms with E-state index in [4.69, 9.17) is 9.47 Å². The van der Waals surface area contributed by atoms with Crippen LogP contribution in [0.1, 0.15) is 32.8 Å². The van der Waals surface area contributed by atoms with Crippen molar-refractivity contribution in [3.63, 3.8) is 0 Å². The first-order valence-electron chi connectivity index (χ1n) is 6.08. The fourth-order valence-corrected chi connectivity index (χ4v) is 1.56. The molecule has 0 aromatic heterocycles. The van der Waals surface area contributed by atoms with E-state index in [-0.39, 0.29) is 11.9 Å². The fraction of sp³-hybridized carbons (Fsp3) is 0.400. The van der Waals surface area contributed by atoms with E-state index in [1.165, 1.54) is 0 Å². The molecule has 3 heteroatoms. The van der Waals surface area contributed by atoms with Crippen molar-refractivity contribution in [3.05, 3.63) is 29.8 Å². The molecule has 1 aromatic carbocycles. The molecule has 0 saturated heterocycles. The van der Waals surface area contributed by atoms with E-state index >= 15 is 0 Å². The van der Waals surface area contributed by atoms with Gasteiger partial charge in [0.15, 0.2) is 11.5 Å². The van der Waals surface area contributed by atoms with E-state index in [9.17, 15) is 4.79 Å². The van der Waals surface area contributed by atoms with Gasteiger partial charge in [-0.1, -0.05) is 32.1 Å². The topological polar surface area (TPSA) is 35.5 Å². The van der Waals surface area contributed by atoms with Gasteiger partial charge in [-0.05, 0) is 30.5 Å². The molecule has 98 valence electrons. The van der Waals surface area contributed by atoms with Gasteiger partial charge >= 0.3 is 5.97 Å². The van der Waals surface area contributed by atoms with Gasteiger partial charge in [0.1, 0.15) is 0 Å². The Kier molecular flexibility index (Phi) is 5.43. The molecule has 0 saturated carbocycles. The Morgan fingerprint density at radius 3 is 2.61 bits per heavy atom. The molecule has 0 unspecified atom stereocenters. The minimum atomic E-state index is -0.234. The van der Waals surface area contributed by atoms with Gasteiger partial charge in [-0.25, -0.2) is 0 Å². The number of allylic oxidation sites excluding steroid dienone is 1. The summed E-state index contributed by atoms with van der Waals surface area (Å²) in [5, 5.41) is 0. The van der Waals surface area contributed by atoms with Gasteiger partial charge in [0, 0.05) is 6.42 Å². The third-order valence-electron chi connectivity index (χ3n) is 2.35. The Morgan fingerprint density at radius 1 is 1.33 bits per heavy atom. The van der Waals surface area contributed by atoms with Crippen molar-refractivity contribution in [3.8, 4) is 11.5 Å². The van der Waals surface area contributed by atoms with Crippen molar-refractivity contribution >= 4 is 12.0 Å². The Hall–Kier alpha value is -1.77. The number of carbonyl (C=O) groups excluding carboxylic acids is 1. The maximum Gasteiger partial charge on any atom is 0.311 e. The molecule has 0 fully saturated rings. The molecule has 0 bridgehead atoms. The first kappa shape index (κ1) is 14.3. The second-order valence-electron chi connectivity index (χ2n) is 4.48. The van der Waals surface area contributed by atoms with E-state index in [0.29, 0.717) is 17.9 Å². The molecule has 0 heterocycles. The summed E-state index contributed by atoms with van der Waals surface area (Å²) < 4.78 is 10.5. The van der Waals surface area contributed by atoms with Gasteiger partial charge in [-0.3, -0.25) is 4.79 Å². The van der Waals surface area contributed by atoms with Gasteiger partial charge in [-0.15, -0.1) is 0 Å². The molecule has 18 heavy (non-hydrogen) atoms. The lowest BCUT2D eigenvalue weighted by atomic mass is 10.1. The fourth-order valence-electron chi connectivity index (χ4n) is 1.56. The van der Waals surface area contributed by atoms with Crippen LogP contribution in [0.3, 0.4) is 0 Å². The molecule has 0 aliphatic heterocycles. The summed E-state index contributed by atoms with van der Waals surface area (Å²) in [7, 11) is 1.56. The highest BCUT2D eigenvalue weighted by atomic mass is 16.6. The monoisotopic (exact) mass is 248 g/mol. The van der Waals surface area contributed by atoms with Crippen molar-refractivity contribution in [1.29, 1.82) is 0 Å². The molecule has 0 atom stereocenters. The summed E-state index contributed by atoms with van der Waals surface area (Å²) in [6, 6.07) is 5.49. The summed E-state index contributed by atoms with van der Waals surface area (Å²) >= 11 is 0. The maximum atomic E-state index is 11.6. The van der Waals surface area contributed by atoms with Gasteiger partial charge in [0.25, 0.3) is 0 Å². The van der Waals surface area contributed by atoms with Crippen molar-refractivity contribution in [1.82, 2.24) is 0 Å². The van der Waals surface area contributed by atoms with E-state index in [0.717, 1.165) is 5.56 Å². The lowest BCUT2D eigenvalue weighted by Crippen LogP contribution is -2.11. The largest absolute Gasteiger partial charge is 0.493 e. The SMILES string of the molecule is C/C=C/c1ccc(OC(=O)CC(C)C)c(OC)c1. The molecule has 0 aliphatic carbocycles. The Balaban J connectivity index is 2.85. The minimum absolute atomic E-state index is 0.234. The van der Waals surface area contributed by atoms with E-state index in [1.54, 1.807) is 13.2 Å². The highest BCUT2D eigenvalue weighted by Crippen LogP contribution is 2.29. The lowest BCUT2D eigenvalue weighted by molar-refractivity contribution is -0.135. The number of hydrogen-bond donors (Lipinski definition) is 0. The summed E-state index contributed by atoms with van der Waals surface area (Å²) in [6.45, 7) is 5.91. The number of carbonyl (C=O) groups is 1. The lowest BCUT2D eigenvalue weighted by Gasteiger charge is -2.10. The highest BCUT2D eigenvalue weighted by molar-refractivity contribution is 5.73. The highest BCUT2D eigenvalue weighted by Gasteiger charge is 2.11. The van der Waals surface area contributed by atoms with Crippen LogP contribution in [0, 0.1) is 5.92 Å².